The Balaban J connectivity index is 2.52. The molecule has 0 aliphatic rings. The molecular weight excluding hydrogens is 244 g/mol. The summed E-state index contributed by atoms with van der Waals surface area (Å²) in [5, 5.41) is 12.7. The summed E-state index contributed by atoms with van der Waals surface area (Å²) in [4.78, 5) is 0. The van der Waals surface area contributed by atoms with Gasteiger partial charge in [-0.3, -0.25) is 0 Å². The fourth-order valence-electron chi connectivity index (χ4n) is 1.92. The van der Waals surface area contributed by atoms with E-state index in [0.29, 0.717) is 16.5 Å². The first-order chi connectivity index (χ1) is 8.71. The van der Waals surface area contributed by atoms with Crippen LogP contribution >= 0.6 is 11.6 Å². The van der Waals surface area contributed by atoms with E-state index in [9.17, 15) is 0 Å². The molecule has 0 spiro atoms. The van der Waals surface area contributed by atoms with Crippen molar-refractivity contribution < 1.29 is 0 Å². The molecule has 0 bridgehead atoms. The SMILES string of the molecule is CCCCC(CC)CNc1ccc(C#N)c(Cl)c1. The quantitative estimate of drug-likeness (QED) is 0.765. The van der Waals surface area contributed by atoms with Crippen molar-refractivity contribution in [3.05, 3.63) is 28.8 Å². The lowest BCUT2D eigenvalue weighted by Crippen LogP contribution is -2.13. The highest BCUT2D eigenvalue weighted by molar-refractivity contribution is 6.32. The number of nitrogens with zero attached hydrogens (tertiary/aromatic N) is 1. The molecule has 0 radical (unpaired) electrons. The van der Waals surface area contributed by atoms with Gasteiger partial charge in [-0.1, -0.05) is 44.7 Å². The molecule has 0 heterocycles. The van der Waals surface area contributed by atoms with Crippen molar-refractivity contribution in [2.24, 2.45) is 5.92 Å². The smallest absolute Gasteiger partial charge is 0.101 e. The average Bonchev–Trinajstić information content (AvgIpc) is 2.39. The molecule has 0 aliphatic heterocycles. The number of hydrogen-bond donors (Lipinski definition) is 1. The van der Waals surface area contributed by atoms with Crippen LogP contribution in [0.2, 0.25) is 5.02 Å². The fourth-order valence-corrected chi connectivity index (χ4v) is 2.14. The van der Waals surface area contributed by atoms with E-state index in [-0.39, 0.29) is 0 Å². The van der Waals surface area contributed by atoms with Crippen LogP contribution in [0.4, 0.5) is 5.69 Å². The maximum absolute atomic E-state index is 8.81. The minimum absolute atomic E-state index is 0.518. The maximum Gasteiger partial charge on any atom is 0.101 e. The lowest BCUT2D eigenvalue weighted by atomic mass is 9.99. The standard InChI is InChI=1S/C15H21ClN2/c1-3-5-6-12(4-2)11-18-14-8-7-13(10-17)15(16)9-14/h7-9,12,18H,3-6,11H2,1-2H3. The number of anilines is 1. The third-order valence-electron chi connectivity index (χ3n) is 3.23. The Morgan fingerprint density at radius 1 is 1.39 bits per heavy atom. The van der Waals surface area contributed by atoms with Crippen molar-refractivity contribution >= 4 is 17.3 Å². The van der Waals surface area contributed by atoms with Gasteiger partial charge < -0.3 is 5.32 Å². The van der Waals surface area contributed by atoms with Crippen LogP contribution in [0.25, 0.3) is 0 Å². The molecule has 1 N–H and O–H groups in total. The van der Waals surface area contributed by atoms with Gasteiger partial charge in [-0.05, 0) is 30.5 Å². The van der Waals surface area contributed by atoms with Gasteiger partial charge in [-0.15, -0.1) is 0 Å². The summed E-state index contributed by atoms with van der Waals surface area (Å²) in [5.41, 5.74) is 1.52. The molecule has 1 unspecified atom stereocenters. The molecule has 1 aromatic rings. The normalized spacial score (nSPS) is 11.9. The monoisotopic (exact) mass is 264 g/mol. The molecule has 0 saturated heterocycles. The van der Waals surface area contributed by atoms with Crippen LogP contribution in [0.15, 0.2) is 18.2 Å². The first-order valence-electron chi connectivity index (χ1n) is 6.64. The second-order valence-corrected chi connectivity index (χ2v) is 5.01. The van der Waals surface area contributed by atoms with E-state index in [1.807, 2.05) is 12.1 Å². The third kappa shape index (κ3) is 4.58. The highest BCUT2D eigenvalue weighted by Crippen LogP contribution is 2.21. The Morgan fingerprint density at radius 3 is 2.72 bits per heavy atom. The fraction of sp³-hybridized carbons (Fsp3) is 0.533. The van der Waals surface area contributed by atoms with Crippen LogP contribution < -0.4 is 5.32 Å². The first kappa shape index (κ1) is 14.9. The zero-order valence-corrected chi connectivity index (χ0v) is 11.9. The van der Waals surface area contributed by atoms with Crippen molar-refractivity contribution in [3.63, 3.8) is 0 Å². The van der Waals surface area contributed by atoms with Crippen molar-refractivity contribution in [1.82, 2.24) is 0 Å². The topological polar surface area (TPSA) is 35.8 Å². The van der Waals surface area contributed by atoms with Gasteiger partial charge in [0.2, 0.25) is 0 Å². The summed E-state index contributed by atoms with van der Waals surface area (Å²) >= 11 is 6.00. The van der Waals surface area contributed by atoms with Gasteiger partial charge >= 0.3 is 0 Å². The molecule has 1 aromatic carbocycles. The highest BCUT2D eigenvalue weighted by Gasteiger charge is 2.06. The summed E-state index contributed by atoms with van der Waals surface area (Å²) in [6.07, 6.45) is 4.99. The van der Waals surface area contributed by atoms with Crippen molar-refractivity contribution in [3.8, 4) is 6.07 Å². The molecule has 0 saturated carbocycles. The van der Waals surface area contributed by atoms with Gasteiger partial charge in [-0.25, -0.2) is 0 Å². The van der Waals surface area contributed by atoms with Gasteiger partial charge in [0, 0.05) is 12.2 Å². The zero-order chi connectivity index (χ0) is 13.4. The summed E-state index contributed by atoms with van der Waals surface area (Å²) in [5.74, 6) is 0.708. The van der Waals surface area contributed by atoms with E-state index in [0.717, 1.165) is 12.2 Å². The summed E-state index contributed by atoms with van der Waals surface area (Å²) in [6.45, 7) is 5.42. The second-order valence-electron chi connectivity index (χ2n) is 4.60. The van der Waals surface area contributed by atoms with E-state index in [1.165, 1.54) is 25.7 Å². The Kier molecular flexibility index (Phi) is 6.60. The Morgan fingerprint density at radius 2 is 2.17 bits per heavy atom. The maximum atomic E-state index is 8.81. The summed E-state index contributed by atoms with van der Waals surface area (Å²) in [7, 11) is 0. The average molecular weight is 265 g/mol. The molecule has 1 rings (SSSR count). The third-order valence-corrected chi connectivity index (χ3v) is 3.54. The highest BCUT2D eigenvalue weighted by atomic mass is 35.5. The number of nitriles is 1. The van der Waals surface area contributed by atoms with E-state index in [4.69, 9.17) is 16.9 Å². The number of benzene rings is 1. The molecule has 18 heavy (non-hydrogen) atoms. The molecule has 2 nitrogen and oxygen atoms in total. The summed E-state index contributed by atoms with van der Waals surface area (Å²) in [6, 6.07) is 7.57. The van der Waals surface area contributed by atoms with Crippen molar-refractivity contribution in [1.29, 1.82) is 5.26 Å². The first-order valence-corrected chi connectivity index (χ1v) is 7.02. The molecule has 3 heteroatoms. The number of unbranched alkanes of at least 4 members (excludes halogenated alkanes) is 1. The molecule has 0 aliphatic carbocycles. The predicted octanol–water partition coefficient (Wildman–Crippen LogP) is 4.84. The number of halogens is 1. The minimum Gasteiger partial charge on any atom is -0.385 e. The number of rotatable bonds is 7. The van der Waals surface area contributed by atoms with Crippen molar-refractivity contribution in [2.75, 3.05) is 11.9 Å². The zero-order valence-electron chi connectivity index (χ0n) is 11.2. The largest absolute Gasteiger partial charge is 0.385 e. The van der Waals surface area contributed by atoms with Crippen LogP contribution in [0, 0.1) is 17.2 Å². The van der Waals surface area contributed by atoms with E-state index >= 15 is 0 Å². The molecule has 0 amide bonds. The summed E-state index contributed by atoms with van der Waals surface area (Å²) < 4.78 is 0. The Bertz CT molecular complexity index is 409. The van der Waals surface area contributed by atoms with E-state index in [1.54, 1.807) is 6.07 Å². The molecule has 1 atom stereocenters. The Labute approximate surface area is 115 Å². The van der Waals surface area contributed by atoms with Crippen LogP contribution in [0.1, 0.15) is 45.1 Å². The van der Waals surface area contributed by atoms with Gasteiger partial charge in [-0.2, -0.15) is 5.26 Å². The van der Waals surface area contributed by atoms with Gasteiger partial charge in [0.25, 0.3) is 0 Å². The molecule has 98 valence electrons. The van der Waals surface area contributed by atoms with E-state index < -0.39 is 0 Å². The van der Waals surface area contributed by atoms with E-state index in [2.05, 4.69) is 25.2 Å². The van der Waals surface area contributed by atoms with Gasteiger partial charge in [0.15, 0.2) is 0 Å². The Hall–Kier alpha value is -1.20. The second kappa shape index (κ2) is 8.00. The minimum atomic E-state index is 0.518. The number of nitrogens with one attached hydrogen (secondary N) is 1. The lowest BCUT2D eigenvalue weighted by molar-refractivity contribution is 0.473. The van der Waals surface area contributed by atoms with Gasteiger partial charge in [0.1, 0.15) is 6.07 Å². The van der Waals surface area contributed by atoms with Crippen LogP contribution in [0.3, 0.4) is 0 Å². The van der Waals surface area contributed by atoms with Crippen LogP contribution in [-0.2, 0) is 0 Å². The predicted molar refractivity (Wildman–Crippen MR) is 78.0 cm³/mol. The molecule has 0 fully saturated rings. The molecular formula is C15H21ClN2. The molecule has 0 aromatic heterocycles. The lowest BCUT2D eigenvalue weighted by Gasteiger charge is -2.16. The number of hydrogen-bond acceptors (Lipinski definition) is 2. The van der Waals surface area contributed by atoms with Crippen molar-refractivity contribution in [2.45, 2.75) is 39.5 Å². The van der Waals surface area contributed by atoms with Crippen LogP contribution in [0.5, 0.6) is 0 Å². The van der Waals surface area contributed by atoms with Crippen LogP contribution in [-0.4, -0.2) is 6.54 Å². The van der Waals surface area contributed by atoms with Gasteiger partial charge in [0.05, 0.1) is 10.6 Å².